The number of phenolic OH excluding ortho intramolecular Hbond substituents is 1. The van der Waals surface area contributed by atoms with Crippen molar-refractivity contribution in [1.82, 2.24) is 4.90 Å². The number of hydrogen-bond acceptors (Lipinski definition) is 10. The molecule has 6 N–H and O–H groups in total. The van der Waals surface area contributed by atoms with E-state index in [0.717, 1.165) is 5.56 Å². The molecule has 0 spiro atoms. The number of benzene rings is 2. The van der Waals surface area contributed by atoms with E-state index in [4.69, 9.17) is 15.2 Å². The highest BCUT2D eigenvalue weighted by Gasteiger charge is 2.64. The van der Waals surface area contributed by atoms with Crippen LogP contribution in [0.4, 0.5) is 0 Å². The van der Waals surface area contributed by atoms with E-state index in [1.54, 1.807) is 20.2 Å². The summed E-state index contributed by atoms with van der Waals surface area (Å²) in [4.78, 5) is 41.3. The Balaban J connectivity index is 1.61. The lowest BCUT2D eigenvalue weighted by Gasteiger charge is -2.50. The van der Waals surface area contributed by atoms with Gasteiger partial charge in [-0.3, -0.25) is 19.3 Å². The van der Waals surface area contributed by atoms with Crippen LogP contribution in [-0.4, -0.2) is 75.3 Å². The molecule has 1 saturated carbocycles. The molecule has 3 aliphatic carbocycles. The first-order valence-electron chi connectivity index (χ1n) is 14.0. The van der Waals surface area contributed by atoms with Crippen LogP contribution in [0, 0.1) is 11.8 Å². The number of ketones is 2. The zero-order valence-electron chi connectivity index (χ0n) is 24.5. The van der Waals surface area contributed by atoms with Crippen LogP contribution in [-0.2, 0) is 26.2 Å². The van der Waals surface area contributed by atoms with Gasteiger partial charge >= 0.3 is 0 Å². The Morgan fingerprint density at radius 1 is 1.07 bits per heavy atom. The summed E-state index contributed by atoms with van der Waals surface area (Å²) in [6, 6.07) is 6.17. The lowest BCUT2D eigenvalue weighted by Crippen LogP contribution is -2.65. The van der Waals surface area contributed by atoms with Gasteiger partial charge in [-0.1, -0.05) is 26.8 Å². The Morgan fingerprint density at radius 2 is 1.74 bits per heavy atom. The maximum absolute atomic E-state index is 14.2. The van der Waals surface area contributed by atoms with Crippen LogP contribution in [0.15, 0.2) is 41.2 Å². The van der Waals surface area contributed by atoms with Gasteiger partial charge in [0, 0.05) is 17.1 Å². The minimum absolute atomic E-state index is 0.00806. The van der Waals surface area contributed by atoms with Crippen molar-refractivity contribution in [1.29, 1.82) is 0 Å². The molecule has 0 bridgehead atoms. The fourth-order valence-corrected chi connectivity index (χ4v) is 7.20. The number of primary amides is 1. The fraction of sp³-hybridized carbons (Fsp3) is 0.406. The second-order valence-electron chi connectivity index (χ2n) is 13.0. The summed E-state index contributed by atoms with van der Waals surface area (Å²) in [5.41, 5.74) is 3.70. The minimum Gasteiger partial charge on any atom is -0.508 e. The molecule has 11 heteroatoms. The third-order valence-electron chi connectivity index (χ3n) is 9.21. The maximum atomic E-state index is 14.2. The first-order chi connectivity index (χ1) is 20.1. The Bertz CT molecular complexity index is 1700. The lowest BCUT2D eigenvalue weighted by atomic mass is 9.57. The van der Waals surface area contributed by atoms with Crippen molar-refractivity contribution in [3.05, 3.63) is 57.9 Å². The molecule has 0 aromatic heterocycles. The summed E-state index contributed by atoms with van der Waals surface area (Å²) in [6.45, 7) is 5.80. The zero-order valence-corrected chi connectivity index (χ0v) is 24.5. The molecule has 1 heterocycles. The summed E-state index contributed by atoms with van der Waals surface area (Å²) in [5.74, 6) is -5.65. The standard InChI is InChI=1S/C32H34N2O9/c1-31(2,3)18-11-15(13-6-7-19-20(10-13)43-12-42-19)16-8-14-9-17-24(34(4)5)27(37)23(30(33)40)29(39)32(17,41)28(38)21(14)26(36)22(16)25(18)35/h6-7,10-11,14,17,24,35-36,39,41H,8-9,12H2,1-5H3,(H2,33,40)/t14-,17+,24-,32-/m0/s1. The molecular weight excluding hydrogens is 556 g/mol. The number of likely N-dealkylation sites (N-methyl/N-ethyl adjacent to an activating group) is 1. The lowest BCUT2D eigenvalue weighted by molar-refractivity contribution is -0.153. The summed E-state index contributed by atoms with van der Waals surface area (Å²) < 4.78 is 11.1. The van der Waals surface area contributed by atoms with E-state index < -0.39 is 63.5 Å². The van der Waals surface area contributed by atoms with Crippen molar-refractivity contribution in [2.24, 2.45) is 17.6 Å². The molecule has 4 atom stereocenters. The third kappa shape index (κ3) is 3.91. The van der Waals surface area contributed by atoms with E-state index >= 15 is 0 Å². The molecular formula is C32H34N2O9. The highest BCUT2D eigenvalue weighted by atomic mass is 16.7. The molecule has 2 aromatic rings. The third-order valence-corrected chi connectivity index (χ3v) is 9.21. The van der Waals surface area contributed by atoms with Gasteiger partial charge in [0.1, 0.15) is 22.8 Å². The van der Waals surface area contributed by atoms with Gasteiger partial charge in [0.05, 0.1) is 11.6 Å². The maximum Gasteiger partial charge on any atom is 0.255 e. The number of nitrogens with zero attached hydrogens (tertiary/aromatic N) is 1. The summed E-state index contributed by atoms with van der Waals surface area (Å²) in [6.07, 6.45) is 0.185. The van der Waals surface area contributed by atoms with Crippen LogP contribution >= 0.6 is 0 Å². The summed E-state index contributed by atoms with van der Waals surface area (Å²) in [5, 5.41) is 46.3. The highest BCUT2D eigenvalue weighted by Crippen LogP contribution is 2.55. The fourth-order valence-electron chi connectivity index (χ4n) is 7.20. The van der Waals surface area contributed by atoms with E-state index in [9.17, 15) is 34.8 Å². The number of nitrogens with two attached hydrogens (primary N) is 1. The molecule has 0 saturated heterocycles. The van der Waals surface area contributed by atoms with Crippen molar-refractivity contribution in [2.45, 2.75) is 50.7 Å². The number of fused-ring (bicyclic) bond motifs is 4. The molecule has 6 rings (SSSR count). The molecule has 1 fully saturated rings. The van der Waals surface area contributed by atoms with Gasteiger partial charge in [-0.15, -0.1) is 0 Å². The van der Waals surface area contributed by atoms with Crippen molar-refractivity contribution in [2.75, 3.05) is 20.9 Å². The topological polar surface area (TPSA) is 180 Å². The van der Waals surface area contributed by atoms with E-state index in [1.165, 1.54) is 4.90 Å². The monoisotopic (exact) mass is 590 g/mol. The average Bonchev–Trinajstić information content (AvgIpc) is 3.38. The molecule has 1 amide bonds. The number of Topliss-reactive ketones (excluding diaryl/α,β-unsaturated/α-hetero) is 2. The zero-order chi connectivity index (χ0) is 31.3. The Kier molecular flexibility index (Phi) is 6.23. The van der Waals surface area contributed by atoms with Crippen LogP contribution in [0.5, 0.6) is 17.2 Å². The van der Waals surface area contributed by atoms with Gasteiger partial charge in [0.25, 0.3) is 5.91 Å². The normalized spacial score (nSPS) is 26.4. The van der Waals surface area contributed by atoms with Crippen LogP contribution in [0.3, 0.4) is 0 Å². The van der Waals surface area contributed by atoms with Crippen LogP contribution in [0.25, 0.3) is 16.9 Å². The molecule has 11 nitrogen and oxygen atoms in total. The molecule has 4 aliphatic rings. The van der Waals surface area contributed by atoms with Gasteiger partial charge in [-0.25, -0.2) is 0 Å². The number of carbonyl (C=O) groups excluding carboxylic acids is 3. The smallest absolute Gasteiger partial charge is 0.255 e. The van der Waals surface area contributed by atoms with Gasteiger partial charge in [-0.2, -0.15) is 0 Å². The minimum atomic E-state index is -2.69. The first-order valence-corrected chi connectivity index (χ1v) is 14.0. The molecule has 0 unspecified atom stereocenters. The molecule has 43 heavy (non-hydrogen) atoms. The number of aromatic hydroxyl groups is 1. The number of aliphatic hydroxyl groups is 3. The molecule has 0 radical (unpaired) electrons. The number of hydrogen-bond donors (Lipinski definition) is 5. The highest BCUT2D eigenvalue weighted by molar-refractivity contribution is 6.24. The summed E-state index contributed by atoms with van der Waals surface area (Å²) in [7, 11) is 3.13. The van der Waals surface area contributed by atoms with E-state index in [1.807, 2.05) is 39.0 Å². The van der Waals surface area contributed by atoms with E-state index in [2.05, 4.69) is 0 Å². The van der Waals surface area contributed by atoms with Crippen LogP contribution in [0.1, 0.15) is 43.9 Å². The van der Waals surface area contributed by atoms with Crippen LogP contribution in [0.2, 0.25) is 0 Å². The van der Waals surface area contributed by atoms with Gasteiger partial charge < -0.3 is 35.6 Å². The number of carbonyl (C=O) groups is 3. The van der Waals surface area contributed by atoms with Crippen molar-refractivity contribution in [3.8, 4) is 28.4 Å². The first kappa shape index (κ1) is 28.8. The average molecular weight is 591 g/mol. The van der Waals surface area contributed by atoms with E-state index in [0.29, 0.717) is 28.2 Å². The van der Waals surface area contributed by atoms with Gasteiger partial charge in [0.15, 0.2) is 22.9 Å². The van der Waals surface area contributed by atoms with Crippen molar-refractivity contribution >= 4 is 23.2 Å². The number of ether oxygens (including phenoxy) is 2. The molecule has 2 aromatic carbocycles. The number of amides is 1. The van der Waals surface area contributed by atoms with Crippen LogP contribution < -0.4 is 15.2 Å². The Labute approximate surface area is 247 Å². The van der Waals surface area contributed by atoms with Gasteiger partial charge in [-0.05, 0) is 73.2 Å². The largest absolute Gasteiger partial charge is 0.508 e. The summed E-state index contributed by atoms with van der Waals surface area (Å²) >= 11 is 0. The van der Waals surface area contributed by atoms with E-state index in [-0.39, 0.29) is 36.5 Å². The Morgan fingerprint density at radius 3 is 2.37 bits per heavy atom. The second kappa shape index (κ2) is 9.32. The number of phenols is 1. The van der Waals surface area contributed by atoms with Crippen molar-refractivity contribution in [3.63, 3.8) is 0 Å². The quantitative estimate of drug-likeness (QED) is 0.334. The second-order valence-corrected chi connectivity index (χ2v) is 13.0. The predicted molar refractivity (Wildman–Crippen MR) is 155 cm³/mol. The van der Waals surface area contributed by atoms with Gasteiger partial charge in [0.2, 0.25) is 12.6 Å². The predicted octanol–water partition coefficient (Wildman–Crippen LogP) is 2.66. The number of aliphatic hydroxyl groups excluding tert-OH is 2. The Hall–Kier alpha value is -4.35. The SMILES string of the molecule is CN(C)[C@@H]1C(=O)C(C(N)=O)=C(O)[C@@]2(O)C(=O)C3=C(O)c4c(O)c(C(C)(C)C)cc(-c5ccc6c(c5)OCO6)c4C[C@H]3C[C@H]12. The molecule has 226 valence electrons. The number of rotatable bonds is 3. The van der Waals surface area contributed by atoms with Crippen molar-refractivity contribution < 1.29 is 44.3 Å². The molecule has 1 aliphatic heterocycles.